The minimum absolute atomic E-state index is 0.0483. The van der Waals surface area contributed by atoms with Crippen LogP contribution in [0.2, 0.25) is 5.02 Å². The van der Waals surface area contributed by atoms with Crippen molar-refractivity contribution in [3.63, 3.8) is 0 Å². The van der Waals surface area contributed by atoms with Crippen molar-refractivity contribution in [2.24, 2.45) is 5.73 Å². The van der Waals surface area contributed by atoms with Crippen LogP contribution in [0.15, 0.2) is 18.2 Å². The van der Waals surface area contributed by atoms with E-state index in [4.69, 9.17) is 22.1 Å². The highest BCUT2D eigenvalue weighted by atomic mass is 35.5. The highest BCUT2D eigenvalue weighted by molar-refractivity contribution is 6.32. The summed E-state index contributed by atoms with van der Waals surface area (Å²) in [6, 6.07) is 5.40. The lowest BCUT2D eigenvalue weighted by Crippen LogP contribution is -2.16. The molecule has 16 heavy (non-hydrogen) atoms. The molecule has 4 heteroatoms. The number of aliphatic hydroxyl groups excluding tert-OH is 1. The Bertz CT molecular complexity index is 342. The number of nitrogens with two attached hydrogens (primary N) is 1. The number of ether oxygens (including phenoxy) is 1. The summed E-state index contributed by atoms with van der Waals surface area (Å²) in [7, 11) is 0. The Morgan fingerprint density at radius 3 is 2.69 bits per heavy atom. The van der Waals surface area contributed by atoms with Gasteiger partial charge in [-0.25, -0.2) is 0 Å². The molecule has 0 fully saturated rings. The predicted octanol–water partition coefficient (Wildman–Crippen LogP) is 2.51. The molecule has 0 radical (unpaired) electrons. The number of rotatable bonds is 5. The maximum atomic E-state index is 9.36. The molecule has 90 valence electrons. The van der Waals surface area contributed by atoms with E-state index >= 15 is 0 Å². The van der Waals surface area contributed by atoms with Crippen molar-refractivity contribution in [2.75, 3.05) is 6.61 Å². The molecule has 0 aliphatic rings. The summed E-state index contributed by atoms with van der Waals surface area (Å²) in [5.74, 6) is 0.582. The zero-order valence-corrected chi connectivity index (χ0v) is 10.4. The Labute approximate surface area is 101 Å². The molecule has 0 saturated heterocycles. The molecule has 0 spiro atoms. The zero-order valence-electron chi connectivity index (χ0n) is 9.61. The normalized spacial score (nSPS) is 14.6. The number of hydrogen-bond acceptors (Lipinski definition) is 3. The van der Waals surface area contributed by atoms with Crippen LogP contribution in [0.5, 0.6) is 5.75 Å². The number of hydrogen-bond donors (Lipinski definition) is 2. The summed E-state index contributed by atoms with van der Waals surface area (Å²) in [5.41, 5.74) is 6.70. The molecule has 1 aromatic carbocycles. The first kappa shape index (κ1) is 13.3. The largest absolute Gasteiger partial charge is 0.489 e. The van der Waals surface area contributed by atoms with E-state index in [1.165, 1.54) is 0 Å². The SMILES string of the molecule is CCC(O)COc1ccc(C(C)N)cc1Cl. The van der Waals surface area contributed by atoms with Crippen molar-refractivity contribution in [3.8, 4) is 5.75 Å². The first-order valence-corrected chi connectivity index (χ1v) is 5.78. The van der Waals surface area contributed by atoms with Crippen LogP contribution >= 0.6 is 11.6 Å². The van der Waals surface area contributed by atoms with Gasteiger partial charge in [0.1, 0.15) is 12.4 Å². The summed E-state index contributed by atoms with van der Waals surface area (Å²) in [6.07, 6.45) is 0.208. The van der Waals surface area contributed by atoms with Gasteiger partial charge in [0.05, 0.1) is 11.1 Å². The molecule has 0 amide bonds. The van der Waals surface area contributed by atoms with Crippen LogP contribution < -0.4 is 10.5 Å². The first-order chi connectivity index (χ1) is 7.54. The second-order valence-electron chi connectivity index (χ2n) is 3.85. The fourth-order valence-corrected chi connectivity index (χ4v) is 1.46. The van der Waals surface area contributed by atoms with Gasteiger partial charge in [-0.1, -0.05) is 24.6 Å². The van der Waals surface area contributed by atoms with E-state index in [2.05, 4.69) is 0 Å². The van der Waals surface area contributed by atoms with E-state index in [0.29, 0.717) is 17.2 Å². The topological polar surface area (TPSA) is 55.5 Å². The molecule has 2 unspecified atom stereocenters. The number of halogens is 1. The summed E-state index contributed by atoms with van der Waals surface area (Å²) in [5, 5.41) is 9.89. The molecule has 0 bridgehead atoms. The Balaban J connectivity index is 2.68. The van der Waals surface area contributed by atoms with Gasteiger partial charge in [0.25, 0.3) is 0 Å². The smallest absolute Gasteiger partial charge is 0.138 e. The maximum Gasteiger partial charge on any atom is 0.138 e. The van der Waals surface area contributed by atoms with Gasteiger partial charge in [-0.05, 0) is 31.0 Å². The second-order valence-corrected chi connectivity index (χ2v) is 4.26. The van der Waals surface area contributed by atoms with Crippen molar-refractivity contribution in [1.29, 1.82) is 0 Å². The highest BCUT2D eigenvalue weighted by Gasteiger charge is 2.07. The standard InChI is InChI=1S/C12H18ClNO2/c1-3-10(15)7-16-12-5-4-9(8(2)14)6-11(12)13/h4-6,8,10,15H,3,7,14H2,1-2H3. The minimum atomic E-state index is -0.454. The van der Waals surface area contributed by atoms with Crippen LogP contribution in [0.25, 0.3) is 0 Å². The zero-order chi connectivity index (χ0) is 12.1. The maximum absolute atomic E-state index is 9.36. The van der Waals surface area contributed by atoms with E-state index in [0.717, 1.165) is 5.56 Å². The molecule has 1 rings (SSSR count). The predicted molar refractivity (Wildman–Crippen MR) is 65.8 cm³/mol. The van der Waals surface area contributed by atoms with Crippen LogP contribution in [0.4, 0.5) is 0 Å². The second kappa shape index (κ2) is 6.09. The molecule has 1 aromatic rings. The van der Waals surface area contributed by atoms with Gasteiger partial charge in [-0.3, -0.25) is 0 Å². The number of benzene rings is 1. The Morgan fingerprint density at radius 1 is 1.50 bits per heavy atom. The molecule has 0 aromatic heterocycles. The molecule has 3 nitrogen and oxygen atoms in total. The Hall–Kier alpha value is -0.770. The summed E-state index contributed by atoms with van der Waals surface area (Å²) < 4.78 is 5.40. The summed E-state index contributed by atoms with van der Waals surface area (Å²) >= 11 is 6.04. The van der Waals surface area contributed by atoms with Crippen LogP contribution in [0.1, 0.15) is 31.9 Å². The molecule has 0 aliphatic heterocycles. The van der Waals surface area contributed by atoms with Gasteiger partial charge in [-0.2, -0.15) is 0 Å². The third-order valence-electron chi connectivity index (χ3n) is 2.38. The van der Waals surface area contributed by atoms with E-state index in [9.17, 15) is 5.11 Å². The highest BCUT2D eigenvalue weighted by Crippen LogP contribution is 2.27. The number of aliphatic hydroxyl groups is 1. The van der Waals surface area contributed by atoms with Crippen LogP contribution in [0, 0.1) is 0 Å². The monoisotopic (exact) mass is 243 g/mol. The fourth-order valence-electron chi connectivity index (χ4n) is 1.22. The van der Waals surface area contributed by atoms with Crippen molar-refractivity contribution >= 4 is 11.6 Å². The van der Waals surface area contributed by atoms with Gasteiger partial charge in [0, 0.05) is 6.04 Å². The molecule has 2 atom stereocenters. The Morgan fingerprint density at radius 2 is 2.19 bits per heavy atom. The Kier molecular flexibility index (Phi) is 5.06. The van der Waals surface area contributed by atoms with Crippen LogP contribution in [-0.4, -0.2) is 17.8 Å². The van der Waals surface area contributed by atoms with Gasteiger partial charge >= 0.3 is 0 Å². The van der Waals surface area contributed by atoms with Crippen molar-refractivity contribution in [2.45, 2.75) is 32.4 Å². The van der Waals surface area contributed by atoms with Crippen molar-refractivity contribution in [3.05, 3.63) is 28.8 Å². The van der Waals surface area contributed by atoms with Gasteiger partial charge < -0.3 is 15.6 Å². The van der Waals surface area contributed by atoms with E-state index in [-0.39, 0.29) is 12.6 Å². The first-order valence-electron chi connectivity index (χ1n) is 5.40. The average Bonchev–Trinajstić information content (AvgIpc) is 2.26. The molecule has 3 N–H and O–H groups in total. The van der Waals surface area contributed by atoms with Gasteiger partial charge in [-0.15, -0.1) is 0 Å². The third-order valence-corrected chi connectivity index (χ3v) is 2.68. The molecular formula is C12H18ClNO2. The average molecular weight is 244 g/mol. The molecular weight excluding hydrogens is 226 g/mol. The summed E-state index contributed by atoms with van der Waals surface area (Å²) in [4.78, 5) is 0. The lowest BCUT2D eigenvalue weighted by atomic mass is 10.1. The lowest BCUT2D eigenvalue weighted by Gasteiger charge is -2.13. The van der Waals surface area contributed by atoms with E-state index in [1.807, 2.05) is 19.9 Å². The van der Waals surface area contributed by atoms with Gasteiger partial charge in [0.15, 0.2) is 0 Å². The van der Waals surface area contributed by atoms with Crippen molar-refractivity contribution in [1.82, 2.24) is 0 Å². The lowest BCUT2D eigenvalue weighted by molar-refractivity contribution is 0.104. The fraction of sp³-hybridized carbons (Fsp3) is 0.500. The quantitative estimate of drug-likeness (QED) is 0.836. The van der Waals surface area contributed by atoms with Gasteiger partial charge in [0.2, 0.25) is 0 Å². The third kappa shape index (κ3) is 3.67. The molecule has 0 aliphatic carbocycles. The van der Waals surface area contributed by atoms with Crippen LogP contribution in [0.3, 0.4) is 0 Å². The molecule has 0 heterocycles. The molecule has 0 saturated carbocycles. The van der Waals surface area contributed by atoms with Crippen molar-refractivity contribution < 1.29 is 9.84 Å². The summed E-state index contributed by atoms with van der Waals surface area (Å²) in [6.45, 7) is 4.05. The van der Waals surface area contributed by atoms with Crippen LogP contribution in [-0.2, 0) is 0 Å². The van der Waals surface area contributed by atoms with E-state index < -0.39 is 6.10 Å². The van der Waals surface area contributed by atoms with E-state index in [1.54, 1.807) is 12.1 Å². The minimum Gasteiger partial charge on any atom is -0.489 e.